The number of carbonyl (C=O) groups is 2. The first-order chi connectivity index (χ1) is 14.1. The van der Waals surface area contributed by atoms with Gasteiger partial charge < -0.3 is 16.0 Å². The predicted octanol–water partition coefficient (Wildman–Crippen LogP) is 3.83. The number of nitrogens with one attached hydrogen (secondary N) is 3. The lowest BCUT2D eigenvalue weighted by Gasteiger charge is -2.18. The van der Waals surface area contributed by atoms with Gasteiger partial charge in [-0.15, -0.1) is 0 Å². The number of hydrogen-bond acceptors (Lipinski definition) is 5. The highest BCUT2D eigenvalue weighted by Crippen LogP contribution is 2.24. The molecule has 1 aliphatic rings. The number of thiophene rings is 1. The second-order valence-electron chi connectivity index (χ2n) is 6.78. The van der Waals surface area contributed by atoms with Crippen molar-refractivity contribution in [2.24, 2.45) is 0 Å². The molecule has 0 saturated heterocycles. The van der Waals surface area contributed by atoms with E-state index in [1.165, 1.54) is 0 Å². The Balaban J connectivity index is 1.47. The summed E-state index contributed by atoms with van der Waals surface area (Å²) in [6, 6.07) is 9.16. The molecule has 0 unspecified atom stereocenters. The maximum absolute atomic E-state index is 12.8. The summed E-state index contributed by atoms with van der Waals surface area (Å²) in [5, 5.41) is 13.0. The summed E-state index contributed by atoms with van der Waals surface area (Å²) < 4.78 is 0. The molecule has 29 heavy (non-hydrogen) atoms. The lowest BCUT2D eigenvalue weighted by atomic mass is 10.0. The average molecular weight is 404 g/mol. The third-order valence-electron chi connectivity index (χ3n) is 4.72. The number of aryl methyl sites for hydroxylation is 1. The molecule has 0 bridgehead atoms. The van der Waals surface area contributed by atoms with Crippen LogP contribution >= 0.6 is 11.3 Å². The van der Waals surface area contributed by atoms with Gasteiger partial charge in [-0.2, -0.15) is 11.3 Å². The highest BCUT2D eigenvalue weighted by molar-refractivity contribution is 7.07. The van der Waals surface area contributed by atoms with Crippen molar-refractivity contribution in [1.29, 1.82) is 0 Å². The van der Waals surface area contributed by atoms with Gasteiger partial charge in [0.05, 0.1) is 0 Å². The van der Waals surface area contributed by atoms with Gasteiger partial charge in [0.15, 0.2) is 0 Å². The molecule has 0 saturated carbocycles. The molecule has 3 heterocycles. The molecule has 0 atom stereocenters. The van der Waals surface area contributed by atoms with Crippen molar-refractivity contribution < 1.29 is 9.59 Å². The third-order valence-corrected chi connectivity index (χ3v) is 5.46. The summed E-state index contributed by atoms with van der Waals surface area (Å²) in [5.41, 5.74) is 5.52. The Hall–Kier alpha value is -3.45. The number of pyridine rings is 1. The van der Waals surface area contributed by atoms with Crippen molar-refractivity contribution in [3.8, 4) is 0 Å². The molecule has 146 valence electrons. The fourth-order valence-corrected chi connectivity index (χ4v) is 3.70. The van der Waals surface area contributed by atoms with Crippen LogP contribution in [-0.2, 0) is 11.3 Å². The summed E-state index contributed by atoms with van der Waals surface area (Å²) in [6.45, 7) is 2.81. The highest BCUT2D eigenvalue weighted by Gasteiger charge is 2.17. The van der Waals surface area contributed by atoms with Gasteiger partial charge in [-0.3, -0.25) is 14.6 Å². The number of aromatic nitrogens is 1. The topological polar surface area (TPSA) is 83.1 Å². The van der Waals surface area contributed by atoms with E-state index in [1.807, 2.05) is 42.0 Å². The van der Waals surface area contributed by atoms with Gasteiger partial charge >= 0.3 is 0 Å². The van der Waals surface area contributed by atoms with E-state index < -0.39 is 0 Å². The lowest BCUT2D eigenvalue weighted by molar-refractivity contribution is -0.112. The van der Waals surface area contributed by atoms with E-state index in [0.717, 1.165) is 22.4 Å². The van der Waals surface area contributed by atoms with Crippen LogP contribution in [0.25, 0.3) is 6.08 Å². The summed E-state index contributed by atoms with van der Waals surface area (Å²) in [5.74, 6) is -0.379. The molecular weight excluding hydrogens is 384 g/mol. The fraction of sp³-hybridized carbons (Fsp3) is 0.136. The minimum atomic E-state index is -0.203. The van der Waals surface area contributed by atoms with Crippen molar-refractivity contribution in [1.82, 2.24) is 10.3 Å². The van der Waals surface area contributed by atoms with Gasteiger partial charge in [0.25, 0.3) is 11.8 Å². The first-order valence-electron chi connectivity index (χ1n) is 9.20. The Morgan fingerprint density at radius 1 is 1.21 bits per heavy atom. The molecule has 3 N–H and O–H groups in total. The van der Waals surface area contributed by atoms with Gasteiger partial charge in [0.2, 0.25) is 0 Å². The van der Waals surface area contributed by atoms with E-state index in [4.69, 9.17) is 0 Å². The van der Waals surface area contributed by atoms with Gasteiger partial charge in [-0.1, -0.05) is 6.07 Å². The molecule has 4 rings (SSSR count). The molecule has 1 aromatic carbocycles. The van der Waals surface area contributed by atoms with Crippen LogP contribution in [0.2, 0.25) is 0 Å². The molecular formula is C22H20N4O2S. The largest absolute Gasteiger partial charge is 0.380 e. The van der Waals surface area contributed by atoms with Crippen LogP contribution in [0.15, 0.2) is 59.1 Å². The fourth-order valence-electron chi connectivity index (χ4n) is 3.04. The van der Waals surface area contributed by atoms with Crippen LogP contribution in [0.5, 0.6) is 0 Å². The SMILES string of the molecule is Cc1ccc(C(=O)NCc2ccsc2)cc1NC(=O)C1=Cc2cnccc2NC1. The van der Waals surface area contributed by atoms with Crippen LogP contribution in [0.1, 0.15) is 27.0 Å². The van der Waals surface area contributed by atoms with Crippen LogP contribution in [0.3, 0.4) is 0 Å². The molecule has 2 amide bonds. The van der Waals surface area contributed by atoms with Gasteiger partial charge in [-0.05, 0) is 59.2 Å². The highest BCUT2D eigenvalue weighted by atomic mass is 32.1. The minimum absolute atomic E-state index is 0.176. The molecule has 0 spiro atoms. The van der Waals surface area contributed by atoms with Crippen LogP contribution in [-0.4, -0.2) is 23.3 Å². The van der Waals surface area contributed by atoms with Crippen molar-refractivity contribution >= 4 is 40.6 Å². The molecule has 7 heteroatoms. The third kappa shape index (κ3) is 4.35. The van der Waals surface area contributed by atoms with Crippen molar-refractivity contribution in [3.63, 3.8) is 0 Å². The Morgan fingerprint density at radius 2 is 2.10 bits per heavy atom. The Bertz CT molecular complexity index is 1090. The van der Waals surface area contributed by atoms with E-state index in [2.05, 4.69) is 20.9 Å². The maximum Gasteiger partial charge on any atom is 0.253 e. The smallest absolute Gasteiger partial charge is 0.253 e. The molecule has 2 aromatic heterocycles. The number of fused-ring (bicyclic) bond motifs is 1. The first kappa shape index (κ1) is 18.9. The number of carbonyl (C=O) groups excluding carboxylic acids is 2. The zero-order chi connectivity index (χ0) is 20.2. The zero-order valence-electron chi connectivity index (χ0n) is 15.9. The van der Waals surface area contributed by atoms with E-state index >= 15 is 0 Å². The second kappa shape index (κ2) is 8.28. The minimum Gasteiger partial charge on any atom is -0.380 e. The van der Waals surface area contributed by atoms with Gasteiger partial charge in [-0.25, -0.2) is 0 Å². The zero-order valence-corrected chi connectivity index (χ0v) is 16.7. The molecule has 0 fully saturated rings. The Kier molecular flexibility index (Phi) is 5.39. The van der Waals surface area contributed by atoms with Gasteiger partial charge in [0.1, 0.15) is 0 Å². The molecule has 3 aromatic rings. The number of amides is 2. The summed E-state index contributed by atoms with van der Waals surface area (Å²) in [6.07, 6.45) is 5.27. The van der Waals surface area contributed by atoms with E-state index in [1.54, 1.807) is 35.9 Å². The van der Waals surface area contributed by atoms with Gasteiger partial charge in [0, 0.05) is 53.6 Å². The van der Waals surface area contributed by atoms with Crippen LogP contribution in [0.4, 0.5) is 11.4 Å². The number of nitrogens with zero attached hydrogens (tertiary/aromatic N) is 1. The average Bonchev–Trinajstić information content (AvgIpc) is 3.27. The normalized spacial score (nSPS) is 12.4. The second-order valence-corrected chi connectivity index (χ2v) is 7.56. The summed E-state index contributed by atoms with van der Waals surface area (Å²) in [7, 11) is 0. The standard InChI is InChI=1S/C22H20N4O2S/c1-14-2-3-16(21(27)25-10-15-5-7-29-13-15)9-20(14)26-22(28)18-8-17-11-23-6-4-19(17)24-12-18/h2-9,11,13,24H,10,12H2,1H3,(H,25,27)(H,26,28). The monoisotopic (exact) mass is 404 g/mol. The van der Waals surface area contributed by atoms with E-state index in [9.17, 15) is 9.59 Å². The molecule has 1 aliphatic heterocycles. The van der Waals surface area contributed by atoms with E-state index in [0.29, 0.717) is 29.9 Å². The lowest BCUT2D eigenvalue weighted by Crippen LogP contribution is -2.24. The molecule has 6 nitrogen and oxygen atoms in total. The van der Waals surface area contributed by atoms with Crippen molar-refractivity contribution in [2.75, 3.05) is 17.2 Å². The summed E-state index contributed by atoms with van der Waals surface area (Å²) in [4.78, 5) is 29.3. The Morgan fingerprint density at radius 3 is 2.93 bits per heavy atom. The summed E-state index contributed by atoms with van der Waals surface area (Å²) >= 11 is 1.59. The van der Waals surface area contributed by atoms with Crippen molar-refractivity contribution in [3.05, 3.63) is 81.3 Å². The first-order valence-corrected chi connectivity index (χ1v) is 10.1. The number of hydrogen-bond donors (Lipinski definition) is 3. The van der Waals surface area contributed by atoms with Crippen molar-refractivity contribution in [2.45, 2.75) is 13.5 Å². The number of benzene rings is 1. The van der Waals surface area contributed by atoms with Crippen LogP contribution in [0, 0.1) is 6.92 Å². The van der Waals surface area contributed by atoms with E-state index in [-0.39, 0.29) is 11.8 Å². The maximum atomic E-state index is 12.8. The Labute approximate surface area is 172 Å². The molecule has 0 aliphatic carbocycles. The predicted molar refractivity (Wildman–Crippen MR) is 116 cm³/mol. The quantitative estimate of drug-likeness (QED) is 0.604. The van der Waals surface area contributed by atoms with Crippen LogP contribution < -0.4 is 16.0 Å². The number of anilines is 2. The number of rotatable bonds is 5. The molecule has 0 radical (unpaired) electrons.